The van der Waals surface area contributed by atoms with Crippen LogP contribution in [0.25, 0.3) is 0 Å². The van der Waals surface area contributed by atoms with Gasteiger partial charge in [-0.05, 0) is 0 Å². The molecular weight excluding hydrogens is 162 g/mol. The van der Waals surface area contributed by atoms with Gasteiger partial charge in [-0.15, -0.1) is 11.8 Å². The first-order chi connectivity index (χ1) is 3.91. The number of thioether (sulfide) groups is 1. The van der Waals surface area contributed by atoms with Crippen molar-refractivity contribution >= 4 is 11.8 Å². The standard InChI is InChI=1S/C3H7NS.2O.Ti/c1-2-5-3-4-1;;;/h4H,1-3H2;;;. The molecule has 1 aliphatic heterocycles. The van der Waals surface area contributed by atoms with E-state index in [1.165, 1.54) is 18.2 Å². The summed E-state index contributed by atoms with van der Waals surface area (Å²) in [6.07, 6.45) is 0. The Morgan fingerprint density at radius 2 is 2.12 bits per heavy atom. The van der Waals surface area contributed by atoms with Crippen molar-refractivity contribution in [2.24, 2.45) is 0 Å². The predicted molar refractivity (Wildman–Crippen MR) is 26.7 cm³/mol. The zero-order valence-electron chi connectivity index (χ0n) is 4.35. The molecule has 5 heteroatoms. The maximum absolute atomic E-state index is 8.50. The second-order valence-electron chi connectivity index (χ2n) is 1.14. The van der Waals surface area contributed by atoms with E-state index < -0.39 is 19.1 Å². The van der Waals surface area contributed by atoms with Crippen LogP contribution in [0, 0.1) is 0 Å². The molecule has 1 heterocycles. The van der Waals surface area contributed by atoms with E-state index in [-0.39, 0.29) is 0 Å². The van der Waals surface area contributed by atoms with E-state index in [1.807, 2.05) is 11.8 Å². The second kappa shape index (κ2) is 7.62. The molecule has 0 atom stereocenters. The Balaban J connectivity index is 0.000000145. The third kappa shape index (κ3) is 6.62. The minimum absolute atomic E-state index is 1.17. The van der Waals surface area contributed by atoms with Crippen LogP contribution in [0.2, 0.25) is 0 Å². The molecule has 8 heavy (non-hydrogen) atoms. The van der Waals surface area contributed by atoms with Crippen LogP contribution in [0.4, 0.5) is 0 Å². The Morgan fingerprint density at radius 1 is 1.50 bits per heavy atom. The van der Waals surface area contributed by atoms with Crippen molar-refractivity contribution in [2.45, 2.75) is 0 Å². The van der Waals surface area contributed by atoms with Crippen LogP contribution in [0.3, 0.4) is 0 Å². The summed E-state index contributed by atoms with van der Waals surface area (Å²) in [6.45, 7) is 1.21. The Labute approximate surface area is 61.2 Å². The molecule has 46 valence electrons. The van der Waals surface area contributed by atoms with Gasteiger partial charge in [-0.3, -0.25) is 0 Å². The monoisotopic (exact) mass is 169 g/mol. The third-order valence-corrected chi connectivity index (χ3v) is 1.53. The van der Waals surface area contributed by atoms with Gasteiger partial charge < -0.3 is 5.32 Å². The number of rotatable bonds is 0. The van der Waals surface area contributed by atoms with E-state index >= 15 is 0 Å². The van der Waals surface area contributed by atoms with Crippen molar-refractivity contribution in [3.63, 3.8) is 0 Å². The summed E-state index contributed by atoms with van der Waals surface area (Å²) in [6, 6.07) is 0. The van der Waals surface area contributed by atoms with Gasteiger partial charge in [0, 0.05) is 18.2 Å². The van der Waals surface area contributed by atoms with Gasteiger partial charge in [0.05, 0.1) is 0 Å². The van der Waals surface area contributed by atoms with Crippen molar-refractivity contribution in [3.05, 3.63) is 0 Å². The van der Waals surface area contributed by atoms with Crippen LogP contribution in [0.1, 0.15) is 0 Å². The average molecular weight is 169 g/mol. The fourth-order valence-corrected chi connectivity index (χ4v) is 1.08. The molecule has 0 spiro atoms. The molecule has 0 radical (unpaired) electrons. The fourth-order valence-electron chi connectivity index (χ4n) is 0.361. The Hall–Kier alpha value is 0.624. The van der Waals surface area contributed by atoms with E-state index in [2.05, 4.69) is 5.32 Å². The Bertz CT molecular complexity index is 71.7. The van der Waals surface area contributed by atoms with Crippen LogP contribution in [-0.2, 0) is 25.7 Å². The summed E-state index contributed by atoms with van der Waals surface area (Å²) in [5, 5.41) is 3.19. The maximum atomic E-state index is 8.50. The second-order valence-corrected chi connectivity index (χ2v) is 2.50. The average Bonchev–Trinajstić information content (AvgIpc) is 2.17. The molecule has 1 aliphatic rings. The summed E-state index contributed by atoms with van der Waals surface area (Å²) < 4.78 is 17.0. The van der Waals surface area contributed by atoms with Crippen LogP contribution < -0.4 is 5.32 Å². The van der Waals surface area contributed by atoms with Gasteiger partial charge in [-0.1, -0.05) is 0 Å². The molecule has 1 fully saturated rings. The minimum atomic E-state index is -2.00. The topological polar surface area (TPSA) is 46.2 Å². The number of hydrogen-bond donors (Lipinski definition) is 1. The Kier molecular flexibility index (Phi) is 8.22. The van der Waals surface area contributed by atoms with Crippen molar-refractivity contribution < 1.29 is 25.7 Å². The zero-order valence-corrected chi connectivity index (χ0v) is 6.72. The predicted octanol–water partition coefficient (Wildman–Crippen LogP) is 0.0402. The molecule has 0 aliphatic carbocycles. The van der Waals surface area contributed by atoms with E-state index in [1.54, 1.807) is 0 Å². The number of nitrogens with one attached hydrogen (secondary N) is 1. The molecular formula is C3H7NO2STi. The van der Waals surface area contributed by atoms with Gasteiger partial charge in [-0.2, -0.15) is 0 Å². The fraction of sp³-hybridized carbons (Fsp3) is 1.00. The molecule has 0 bridgehead atoms. The van der Waals surface area contributed by atoms with Crippen molar-refractivity contribution in [1.29, 1.82) is 0 Å². The van der Waals surface area contributed by atoms with E-state index in [9.17, 15) is 0 Å². The molecule has 3 nitrogen and oxygen atoms in total. The zero-order chi connectivity index (χ0) is 6.24. The summed E-state index contributed by atoms with van der Waals surface area (Å²) in [4.78, 5) is 0. The van der Waals surface area contributed by atoms with Crippen LogP contribution in [0.15, 0.2) is 0 Å². The van der Waals surface area contributed by atoms with Crippen LogP contribution >= 0.6 is 11.8 Å². The first kappa shape index (κ1) is 8.62. The van der Waals surface area contributed by atoms with Crippen molar-refractivity contribution in [1.82, 2.24) is 5.32 Å². The summed E-state index contributed by atoms with van der Waals surface area (Å²) >= 11 is -0.0370. The molecule has 0 aromatic heterocycles. The molecule has 1 saturated heterocycles. The number of hydrogen-bond acceptors (Lipinski definition) is 4. The summed E-state index contributed by atoms with van der Waals surface area (Å²) in [5.41, 5.74) is 0. The molecule has 1 rings (SSSR count). The summed E-state index contributed by atoms with van der Waals surface area (Å²) in [5.74, 6) is 2.47. The summed E-state index contributed by atoms with van der Waals surface area (Å²) in [7, 11) is 0. The van der Waals surface area contributed by atoms with E-state index in [0.29, 0.717) is 0 Å². The van der Waals surface area contributed by atoms with Crippen LogP contribution in [-0.4, -0.2) is 18.2 Å². The van der Waals surface area contributed by atoms with Gasteiger partial charge in [0.15, 0.2) is 0 Å². The molecule has 0 aromatic carbocycles. The Morgan fingerprint density at radius 3 is 2.25 bits per heavy atom. The SMILES string of the molecule is C1CSCN1.[O]=[Ti]=[O]. The van der Waals surface area contributed by atoms with Crippen LogP contribution in [0.5, 0.6) is 0 Å². The molecule has 1 N–H and O–H groups in total. The normalized spacial score (nSPS) is 16.0. The first-order valence-corrected chi connectivity index (χ1v) is 4.62. The van der Waals surface area contributed by atoms with Crippen molar-refractivity contribution in [2.75, 3.05) is 18.2 Å². The molecule has 0 unspecified atom stereocenters. The van der Waals surface area contributed by atoms with Gasteiger partial charge in [0.1, 0.15) is 0 Å². The van der Waals surface area contributed by atoms with Gasteiger partial charge in [-0.25, -0.2) is 0 Å². The quantitative estimate of drug-likeness (QED) is 0.520. The first-order valence-electron chi connectivity index (χ1n) is 2.19. The molecule has 0 saturated carbocycles. The van der Waals surface area contributed by atoms with Gasteiger partial charge in [0.25, 0.3) is 0 Å². The van der Waals surface area contributed by atoms with Crippen molar-refractivity contribution in [3.8, 4) is 0 Å². The molecule has 0 aromatic rings. The van der Waals surface area contributed by atoms with Gasteiger partial charge >= 0.3 is 25.7 Å². The third-order valence-electron chi connectivity index (χ3n) is 0.627. The molecule has 0 amide bonds. The van der Waals surface area contributed by atoms with E-state index in [0.717, 1.165) is 0 Å². The van der Waals surface area contributed by atoms with Gasteiger partial charge in [0.2, 0.25) is 0 Å². The van der Waals surface area contributed by atoms with E-state index in [4.69, 9.17) is 6.65 Å².